The first-order valence-electron chi connectivity index (χ1n) is 6.93. The standard InChI is InChI=1S/C17H19Cl2N/c1-2-17(14-6-4-3-5-7-14)20-11-10-13-8-9-15(18)12-16(13)19/h3-9,12,17,20H,2,10-11H2,1H3. The third kappa shape index (κ3) is 4.24. The normalized spacial score (nSPS) is 12.3. The van der Waals surface area contributed by atoms with Gasteiger partial charge in [0.25, 0.3) is 0 Å². The van der Waals surface area contributed by atoms with Crippen molar-refractivity contribution in [2.45, 2.75) is 25.8 Å². The minimum absolute atomic E-state index is 0.391. The first-order chi connectivity index (χ1) is 9.70. The maximum atomic E-state index is 6.18. The molecule has 20 heavy (non-hydrogen) atoms. The fourth-order valence-electron chi connectivity index (χ4n) is 2.29. The van der Waals surface area contributed by atoms with Crippen molar-refractivity contribution in [1.82, 2.24) is 5.32 Å². The van der Waals surface area contributed by atoms with Crippen LogP contribution in [-0.2, 0) is 6.42 Å². The van der Waals surface area contributed by atoms with Gasteiger partial charge in [0, 0.05) is 16.1 Å². The van der Waals surface area contributed by atoms with Crippen LogP contribution in [0.1, 0.15) is 30.5 Å². The summed E-state index contributed by atoms with van der Waals surface area (Å²) in [5, 5.41) is 5.01. The summed E-state index contributed by atoms with van der Waals surface area (Å²) >= 11 is 12.1. The van der Waals surface area contributed by atoms with Crippen molar-refractivity contribution < 1.29 is 0 Å². The Labute approximate surface area is 130 Å². The second kappa shape index (κ2) is 7.68. The summed E-state index contributed by atoms with van der Waals surface area (Å²) in [6, 6.07) is 16.6. The molecule has 0 spiro atoms. The fourth-order valence-corrected chi connectivity index (χ4v) is 2.79. The van der Waals surface area contributed by atoms with Crippen molar-refractivity contribution in [2.75, 3.05) is 6.54 Å². The molecule has 2 aromatic carbocycles. The van der Waals surface area contributed by atoms with Crippen LogP contribution in [0.2, 0.25) is 10.0 Å². The number of nitrogens with one attached hydrogen (secondary N) is 1. The van der Waals surface area contributed by atoms with Gasteiger partial charge in [-0.15, -0.1) is 0 Å². The fraction of sp³-hybridized carbons (Fsp3) is 0.294. The second-order valence-corrected chi connectivity index (χ2v) is 5.66. The second-order valence-electron chi connectivity index (χ2n) is 4.81. The molecule has 0 heterocycles. The predicted molar refractivity (Wildman–Crippen MR) is 87.6 cm³/mol. The lowest BCUT2D eigenvalue weighted by Gasteiger charge is -2.17. The van der Waals surface area contributed by atoms with Crippen LogP contribution in [0.5, 0.6) is 0 Å². The van der Waals surface area contributed by atoms with Gasteiger partial charge in [-0.25, -0.2) is 0 Å². The van der Waals surface area contributed by atoms with Gasteiger partial charge in [0.05, 0.1) is 0 Å². The van der Waals surface area contributed by atoms with Gasteiger partial charge in [0.15, 0.2) is 0 Å². The van der Waals surface area contributed by atoms with Crippen LogP contribution in [0.25, 0.3) is 0 Å². The predicted octanol–water partition coefficient (Wildman–Crippen LogP) is 5.28. The van der Waals surface area contributed by atoms with Gasteiger partial charge < -0.3 is 5.32 Å². The van der Waals surface area contributed by atoms with E-state index in [0.717, 1.165) is 30.0 Å². The maximum Gasteiger partial charge on any atom is 0.0453 e. The topological polar surface area (TPSA) is 12.0 Å². The van der Waals surface area contributed by atoms with E-state index in [0.29, 0.717) is 11.1 Å². The summed E-state index contributed by atoms with van der Waals surface area (Å²) in [6.07, 6.45) is 1.97. The number of hydrogen-bond donors (Lipinski definition) is 1. The number of halogens is 2. The Hall–Kier alpha value is -1.02. The van der Waals surface area contributed by atoms with Crippen LogP contribution in [0.15, 0.2) is 48.5 Å². The van der Waals surface area contributed by atoms with Gasteiger partial charge >= 0.3 is 0 Å². The van der Waals surface area contributed by atoms with E-state index >= 15 is 0 Å². The smallest absolute Gasteiger partial charge is 0.0453 e. The SMILES string of the molecule is CCC(NCCc1ccc(Cl)cc1Cl)c1ccccc1. The molecule has 0 aliphatic carbocycles. The van der Waals surface area contributed by atoms with E-state index in [1.54, 1.807) is 6.07 Å². The highest BCUT2D eigenvalue weighted by Gasteiger charge is 2.08. The minimum Gasteiger partial charge on any atom is -0.310 e. The average molecular weight is 308 g/mol. The molecule has 1 nitrogen and oxygen atoms in total. The van der Waals surface area contributed by atoms with Gasteiger partial charge in [-0.2, -0.15) is 0 Å². The minimum atomic E-state index is 0.391. The monoisotopic (exact) mass is 307 g/mol. The lowest BCUT2D eigenvalue weighted by atomic mass is 10.0. The Bertz CT molecular complexity index is 540. The van der Waals surface area contributed by atoms with Crippen molar-refractivity contribution in [2.24, 2.45) is 0 Å². The number of hydrogen-bond acceptors (Lipinski definition) is 1. The van der Waals surface area contributed by atoms with Crippen LogP contribution < -0.4 is 5.32 Å². The van der Waals surface area contributed by atoms with Gasteiger partial charge in [0.2, 0.25) is 0 Å². The molecule has 0 saturated carbocycles. The molecule has 2 rings (SSSR count). The molecule has 106 valence electrons. The van der Waals surface area contributed by atoms with Crippen LogP contribution >= 0.6 is 23.2 Å². The number of rotatable bonds is 6. The first kappa shape index (κ1) is 15.4. The van der Waals surface area contributed by atoms with Crippen molar-refractivity contribution in [3.8, 4) is 0 Å². The molecule has 0 fully saturated rings. The average Bonchev–Trinajstić information content (AvgIpc) is 2.46. The summed E-state index contributed by atoms with van der Waals surface area (Å²) < 4.78 is 0. The third-order valence-corrected chi connectivity index (χ3v) is 4.00. The Kier molecular flexibility index (Phi) is 5.90. The van der Waals surface area contributed by atoms with Crippen molar-refractivity contribution in [1.29, 1.82) is 0 Å². The van der Waals surface area contributed by atoms with Gasteiger partial charge in [-0.3, -0.25) is 0 Å². The van der Waals surface area contributed by atoms with Crippen LogP contribution in [0.3, 0.4) is 0 Å². The van der Waals surface area contributed by atoms with Gasteiger partial charge in [0.1, 0.15) is 0 Å². The van der Waals surface area contributed by atoms with Crippen LogP contribution in [0, 0.1) is 0 Å². The lowest BCUT2D eigenvalue weighted by Crippen LogP contribution is -2.23. The highest BCUT2D eigenvalue weighted by molar-refractivity contribution is 6.35. The van der Waals surface area contributed by atoms with Gasteiger partial charge in [-0.05, 0) is 42.6 Å². The summed E-state index contributed by atoms with van der Waals surface area (Å²) in [5.74, 6) is 0. The molecule has 1 N–H and O–H groups in total. The van der Waals surface area contributed by atoms with Crippen LogP contribution in [-0.4, -0.2) is 6.54 Å². The molecule has 1 atom stereocenters. The molecule has 0 aromatic heterocycles. The molecular formula is C17H19Cl2N. The molecular weight excluding hydrogens is 289 g/mol. The molecule has 3 heteroatoms. The molecule has 0 aliphatic heterocycles. The van der Waals surface area contributed by atoms with Crippen molar-refractivity contribution >= 4 is 23.2 Å². The van der Waals surface area contributed by atoms with Crippen molar-refractivity contribution in [3.63, 3.8) is 0 Å². The molecule has 0 amide bonds. The van der Waals surface area contributed by atoms with Crippen LogP contribution in [0.4, 0.5) is 0 Å². The molecule has 0 radical (unpaired) electrons. The zero-order valence-electron chi connectivity index (χ0n) is 11.6. The summed E-state index contributed by atoms with van der Waals surface area (Å²) in [4.78, 5) is 0. The van der Waals surface area contributed by atoms with E-state index in [-0.39, 0.29) is 0 Å². The summed E-state index contributed by atoms with van der Waals surface area (Å²) in [6.45, 7) is 3.09. The quantitative estimate of drug-likeness (QED) is 0.766. The third-order valence-electron chi connectivity index (χ3n) is 3.41. The Balaban J connectivity index is 1.91. The largest absolute Gasteiger partial charge is 0.310 e. The van der Waals surface area contributed by atoms with E-state index in [9.17, 15) is 0 Å². The highest BCUT2D eigenvalue weighted by atomic mass is 35.5. The van der Waals surface area contributed by atoms with E-state index in [1.807, 2.05) is 18.2 Å². The van der Waals surface area contributed by atoms with Gasteiger partial charge in [-0.1, -0.05) is 66.5 Å². The van der Waals surface area contributed by atoms with Crippen molar-refractivity contribution in [3.05, 3.63) is 69.7 Å². The molecule has 0 bridgehead atoms. The zero-order valence-corrected chi connectivity index (χ0v) is 13.1. The Morgan fingerprint density at radius 3 is 2.45 bits per heavy atom. The van der Waals surface area contributed by atoms with E-state index in [2.05, 4.69) is 36.5 Å². The van der Waals surface area contributed by atoms with E-state index in [1.165, 1.54) is 5.56 Å². The maximum absolute atomic E-state index is 6.18. The van der Waals surface area contributed by atoms with E-state index < -0.39 is 0 Å². The Morgan fingerprint density at radius 1 is 1.05 bits per heavy atom. The summed E-state index contributed by atoms with van der Waals surface area (Å²) in [7, 11) is 0. The first-order valence-corrected chi connectivity index (χ1v) is 7.68. The highest BCUT2D eigenvalue weighted by Crippen LogP contribution is 2.21. The molecule has 0 aliphatic rings. The molecule has 0 saturated heterocycles. The zero-order chi connectivity index (χ0) is 14.4. The lowest BCUT2D eigenvalue weighted by molar-refractivity contribution is 0.523. The Morgan fingerprint density at radius 2 is 1.80 bits per heavy atom. The molecule has 2 aromatic rings. The number of benzene rings is 2. The van der Waals surface area contributed by atoms with E-state index in [4.69, 9.17) is 23.2 Å². The summed E-state index contributed by atoms with van der Waals surface area (Å²) in [5.41, 5.74) is 2.46. The molecule has 1 unspecified atom stereocenters.